The van der Waals surface area contributed by atoms with Gasteiger partial charge in [-0.25, -0.2) is 4.79 Å². The number of amides is 2. The van der Waals surface area contributed by atoms with Crippen LogP contribution < -0.4 is 16.4 Å². The molecular weight excluding hydrogens is 214 g/mol. The predicted molar refractivity (Wildman–Crippen MR) is 70.9 cm³/mol. The first-order valence-corrected chi connectivity index (χ1v) is 6.08. The summed E-state index contributed by atoms with van der Waals surface area (Å²) in [6, 6.07) is 7.61. The van der Waals surface area contributed by atoms with Gasteiger partial charge >= 0.3 is 6.03 Å². The van der Waals surface area contributed by atoms with Gasteiger partial charge in [0.05, 0.1) is 0 Å². The number of hydrogen-bond donors (Lipinski definition) is 3. The van der Waals surface area contributed by atoms with E-state index >= 15 is 0 Å². The molecule has 2 amide bonds. The number of benzene rings is 1. The van der Waals surface area contributed by atoms with Gasteiger partial charge in [0.2, 0.25) is 0 Å². The molecule has 0 fully saturated rings. The molecule has 1 aromatic carbocycles. The van der Waals surface area contributed by atoms with Crippen molar-refractivity contribution in [1.82, 2.24) is 10.6 Å². The average Bonchev–Trinajstić information content (AvgIpc) is 2.32. The zero-order valence-corrected chi connectivity index (χ0v) is 10.3. The second-order valence-electron chi connectivity index (χ2n) is 4.03. The van der Waals surface area contributed by atoms with Crippen molar-refractivity contribution < 1.29 is 4.79 Å². The molecule has 1 rings (SSSR count). The number of anilines is 1. The van der Waals surface area contributed by atoms with Gasteiger partial charge in [0.1, 0.15) is 0 Å². The van der Waals surface area contributed by atoms with E-state index < -0.39 is 0 Å². The summed E-state index contributed by atoms with van der Waals surface area (Å²) in [6.45, 7) is 3.48. The lowest BCUT2D eigenvalue weighted by molar-refractivity contribution is 0.241. The van der Waals surface area contributed by atoms with Gasteiger partial charge in [-0.15, -0.1) is 0 Å². The molecule has 17 heavy (non-hydrogen) atoms. The second-order valence-corrected chi connectivity index (χ2v) is 4.03. The van der Waals surface area contributed by atoms with Crippen LogP contribution in [-0.2, 0) is 6.42 Å². The van der Waals surface area contributed by atoms with Gasteiger partial charge < -0.3 is 16.4 Å². The van der Waals surface area contributed by atoms with E-state index in [4.69, 9.17) is 5.73 Å². The van der Waals surface area contributed by atoms with Crippen LogP contribution in [0.3, 0.4) is 0 Å². The molecule has 0 spiro atoms. The van der Waals surface area contributed by atoms with Gasteiger partial charge in [0, 0.05) is 18.8 Å². The molecule has 4 nitrogen and oxygen atoms in total. The number of carbonyl (C=O) groups is 1. The maximum absolute atomic E-state index is 11.3. The van der Waals surface area contributed by atoms with Crippen LogP contribution in [-0.4, -0.2) is 19.1 Å². The summed E-state index contributed by atoms with van der Waals surface area (Å²) in [5.41, 5.74) is 7.53. The number of unbranched alkanes of at least 4 members (excludes halogenated alkanes) is 1. The Hall–Kier alpha value is -1.71. The summed E-state index contributed by atoms with van der Waals surface area (Å²) in [5.74, 6) is 0. The van der Waals surface area contributed by atoms with E-state index in [1.807, 2.05) is 24.3 Å². The molecule has 0 radical (unpaired) electrons. The van der Waals surface area contributed by atoms with Crippen LogP contribution >= 0.6 is 0 Å². The normalized spacial score (nSPS) is 9.94. The molecule has 1 aromatic rings. The van der Waals surface area contributed by atoms with Gasteiger partial charge in [-0.2, -0.15) is 0 Å². The molecule has 0 aliphatic heterocycles. The third-order valence-corrected chi connectivity index (χ3v) is 2.49. The number of hydrogen-bond acceptors (Lipinski definition) is 2. The Morgan fingerprint density at radius 1 is 1.18 bits per heavy atom. The van der Waals surface area contributed by atoms with Gasteiger partial charge in [0.25, 0.3) is 0 Å². The van der Waals surface area contributed by atoms with Crippen molar-refractivity contribution in [2.24, 2.45) is 0 Å². The smallest absolute Gasteiger partial charge is 0.314 e. The molecule has 0 unspecified atom stereocenters. The Bertz CT molecular complexity index is 335. The maximum atomic E-state index is 11.3. The van der Waals surface area contributed by atoms with Gasteiger partial charge in [0.15, 0.2) is 0 Å². The fourth-order valence-corrected chi connectivity index (χ4v) is 1.45. The van der Waals surface area contributed by atoms with Crippen LogP contribution in [0.1, 0.15) is 25.3 Å². The van der Waals surface area contributed by atoms with Crippen LogP contribution in [0.25, 0.3) is 0 Å². The Balaban J connectivity index is 2.14. The van der Waals surface area contributed by atoms with Crippen LogP contribution in [0.2, 0.25) is 0 Å². The molecule has 0 bridgehead atoms. The standard InChI is InChI=1S/C13H21N3O/c1-2-3-9-15-13(17)16-10-8-11-4-6-12(14)7-5-11/h4-7H,2-3,8-10,14H2,1H3,(H2,15,16,17). The summed E-state index contributed by atoms with van der Waals surface area (Å²) < 4.78 is 0. The number of urea groups is 1. The highest BCUT2D eigenvalue weighted by Gasteiger charge is 1.98. The second kappa shape index (κ2) is 7.54. The van der Waals surface area contributed by atoms with Crippen LogP contribution in [0.4, 0.5) is 10.5 Å². The van der Waals surface area contributed by atoms with E-state index in [0.717, 1.165) is 31.5 Å². The Morgan fingerprint density at radius 3 is 2.47 bits per heavy atom. The highest BCUT2D eigenvalue weighted by Crippen LogP contribution is 2.05. The Morgan fingerprint density at radius 2 is 1.82 bits per heavy atom. The van der Waals surface area contributed by atoms with E-state index in [1.165, 1.54) is 5.56 Å². The molecule has 0 saturated carbocycles. The highest BCUT2D eigenvalue weighted by atomic mass is 16.2. The average molecular weight is 235 g/mol. The third kappa shape index (κ3) is 5.80. The molecule has 0 atom stereocenters. The van der Waals surface area contributed by atoms with Crippen molar-refractivity contribution in [3.63, 3.8) is 0 Å². The van der Waals surface area contributed by atoms with Crippen molar-refractivity contribution in [3.8, 4) is 0 Å². The zero-order valence-electron chi connectivity index (χ0n) is 10.3. The van der Waals surface area contributed by atoms with Crippen molar-refractivity contribution >= 4 is 11.7 Å². The molecule has 0 saturated heterocycles. The van der Waals surface area contributed by atoms with Crippen LogP contribution in [0.15, 0.2) is 24.3 Å². The van der Waals surface area contributed by atoms with Crippen molar-refractivity contribution in [3.05, 3.63) is 29.8 Å². The lowest BCUT2D eigenvalue weighted by atomic mass is 10.1. The lowest BCUT2D eigenvalue weighted by Gasteiger charge is -2.07. The highest BCUT2D eigenvalue weighted by molar-refractivity contribution is 5.73. The zero-order chi connectivity index (χ0) is 12.5. The van der Waals surface area contributed by atoms with E-state index in [-0.39, 0.29) is 6.03 Å². The fraction of sp³-hybridized carbons (Fsp3) is 0.462. The molecule has 4 heteroatoms. The maximum Gasteiger partial charge on any atom is 0.314 e. The quantitative estimate of drug-likeness (QED) is 0.521. The van der Waals surface area contributed by atoms with Crippen LogP contribution in [0.5, 0.6) is 0 Å². The topological polar surface area (TPSA) is 67.2 Å². The molecule has 0 aliphatic rings. The van der Waals surface area contributed by atoms with Gasteiger partial charge in [-0.1, -0.05) is 25.5 Å². The summed E-state index contributed by atoms with van der Waals surface area (Å²) in [4.78, 5) is 11.3. The Kier molecular flexibility index (Phi) is 5.93. The third-order valence-electron chi connectivity index (χ3n) is 2.49. The lowest BCUT2D eigenvalue weighted by Crippen LogP contribution is -2.37. The minimum Gasteiger partial charge on any atom is -0.399 e. The number of carbonyl (C=O) groups excluding carboxylic acids is 1. The van der Waals surface area contributed by atoms with E-state index in [1.54, 1.807) is 0 Å². The Labute approximate surface area is 103 Å². The summed E-state index contributed by atoms with van der Waals surface area (Å²) >= 11 is 0. The van der Waals surface area contributed by atoms with Gasteiger partial charge in [-0.3, -0.25) is 0 Å². The van der Waals surface area contributed by atoms with Crippen molar-refractivity contribution in [1.29, 1.82) is 0 Å². The molecule has 4 N–H and O–H groups in total. The van der Waals surface area contributed by atoms with E-state index in [9.17, 15) is 4.79 Å². The first kappa shape index (κ1) is 13.4. The van der Waals surface area contributed by atoms with E-state index in [2.05, 4.69) is 17.6 Å². The van der Waals surface area contributed by atoms with Crippen molar-refractivity contribution in [2.75, 3.05) is 18.8 Å². The minimum absolute atomic E-state index is 0.0890. The molecule has 0 aliphatic carbocycles. The molecule has 0 heterocycles. The van der Waals surface area contributed by atoms with E-state index in [0.29, 0.717) is 6.54 Å². The van der Waals surface area contributed by atoms with Gasteiger partial charge in [-0.05, 0) is 30.5 Å². The predicted octanol–water partition coefficient (Wildman–Crippen LogP) is 1.91. The summed E-state index contributed by atoms with van der Waals surface area (Å²) in [5, 5.41) is 5.63. The fourth-order valence-electron chi connectivity index (χ4n) is 1.45. The first-order chi connectivity index (χ1) is 8.22. The SMILES string of the molecule is CCCCNC(=O)NCCc1ccc(N)cc1. The molecular formula is C13H21N3O. The number of rotatable bonds is 6. The minimum atomic E-state index is -0.0890. The molecule has 0 aromatic heterocycles. The van der Waals surface area contributed by atoms with Crippen LogP contribution in [0, 0.1) is 0 Å². The summed E-state index contributed by atoms with van der Waals surface area (Å²) in [6.07, 6.45) is 2.93. The number of nitrogens with one attached hydrogen (secondary N) is 2. The number of nitrogen functional groups attached to an aromatic ring is 1. The number of nitrogens with two attached hydrogens (primary N) is 1. The largest absolute Gasteiger partial charge is 0.399 e. The molecule has 94 valence electrons. The summed E-state index contributed by atoms with van der Waals surface area (Å²) in [7, 11) is 0. The monoisotopic (exact) mass is 235 g/mol. The van der Waals surface area contributed by atoms with Crippen molar-refractivity contribution in [2.45, 2.75) is 26.2 Å². The first-order valence-electron chi connectivity index (χ1n) is 6.08.